The summed E-state index contributed by atoms with van der Waals surface area (Å²) in [4.78, 5) is 11.7. The van der Waals surface area contributed by atoms with E-state index in [2.05, 4.69) is 36.8 Å². The van der Waals surface area contributed by atoms with Crippen LogP contribution in [0.4, 0.5) is 16.3 Å². The first-order valence-electron chi connectivity index (χ1n) is 5.09. The minimum absolute atomic E-state index is 0.360. The van der Waals surface area contributed by atoms with Gasteiger partial charge < -0.3 is 5.32 Å². The lowest BCUT2D eigenvalue weighted by molar-refractivity contribution is 0.262. The Morgan fingerprint density at radius 3 is 2.89 bits per heavy atom. The van der Waals surface area contributed by atoms with Crippen LogP contribution in [-0.4, -0.2) is 16.2 Å². The molecule has 2 aromatic rings. The average Bonchev–Trinajstić information content (AvgIpc) is 2.78. The molecular weight excluding hydrogens is 320 g/mol. The number of carbonyl (C=O) groups is 1. The van der Waals surface area contributed by atoms with E-state index < -0.39 is 0 Å². The minimum Gasteiger partial charge on any atom is -0.307 e. The number of rotatable bonds is 2. The highest BCUT2D eigenvalue weighted by Gasteiger charge is 2.08. The maximum absolute atomic E-state index is 11.7. The van der Waals surface area contributed by atoms with Crippen molar-refractivity contribution in [2.45, 2.75) is 6.92 Å². The van der Waals surface area contributed by atoms with Gasteiger partial charge in [0.05, 0.1) is 11.2 Å². The van der Waals surface area contributed by atoms with Gasteiger partial charge in [-0.05, 0) is 40.5 Å². The highest BCUT2D eigenvalue weighted by molar-refractivity contribution is 9.10. The number of nitrogens with one attached hydrogen (secondary N) is 3. The van der Waals surface area contributed by atoms with Gasteiger partial charge in [-0.25, -0.2) is 4.79 Å². The van der Waals surface area contributed by atoms with Crippen LogP contribution in [0, 0.1) is 6.92 Å². The molecule has 0 radical (unpaired) electrons. The Morgan fingerprint density at radius 1 is 1.44 bits per heavy atom. The molecule has 0 bridgehead atoms. The molecular formula is C11H10BrClN4O. The Labute approximate surface area is 117 Å². The summed E-state index contributed by atoms with van der Waals surface area (Å²) in [5.74, 6) is 0.522. The molecule has 5 nitrogen and oxygen atoms in total. The first-order valence-corrected chi connectivity index (χ1v) is 6.26. The molecule has 0 aliphatic rings. The van der Waals surface area contributed by atoms with Crippen molar-refractivity contribution in [2.75, 3.05) is 10.6 Å². The summed E-state index contributed by atoms with van der Waals surface area (Å²) >= 11 is 9.30. The van der Waals surface area contributed by atoms with Gasteiger partial charge in [-0.15, -0.1) is 0 Å². The minimum atomic E-state index is -0.360. The van der Waals surface area contributed by atoms with Crippen molar-refractivity contribution < 1.29 is 4.79 Å². The molecule has 0 aliphatic carbocycles. The van der Waals surface area contributed by atoms with E-state index in [0.29, 0.717) is 16.5 Å². The zero-order chi connectivity index (χ0) is 13.1. The van der Waals surface area contributed by atoms with Crippen molar-refractivity contribution >= 4 is 45.1 Å². The van der Waals surface area contributed by atoms with Crippen LogP contribution in [0.3, 0.4) is 0 Å². The van der Waals surface area contributed by atoms with Gasteiger partial charge in [-0.1, -0.05) is 11.6 Å². The van der Waals surface area contributed by atoms with Crippen molar-refractivity contribution in [3.05, 3.63) is 39.5 Å². The Hall–Kier alpha value is -1.53. The van der Waals surface area contributed by atoms with E-state index >= 15 is 0 Å². The van der Waals surface area contributed by atoms with Gasteiger partial charge in [0.1, 0.15) is 5.82 Å². The van der Waals surface area contributed by atoms with Crippen LogP contribution in [0.15, 0.2) is 28.9 Å². The predicted octanol–water partition coefficient (Wildman–Crippen LogP) is 3.78. The van der Waals surface area contributed by atoms with Crippen LogP contribution in [0.25, 0.3) is 0 Å². The third-order valence-electron chi connectivity index (χ3n) is 2.26. The van der Waals surface area contributed by atoms with E-state index in [-0.39, 0.29) is 6.03 Å². The molecule has 0 fully saturated rings. The summed E-state index contributed by atoms with van der Waals surface area (Å²) in [6, 6.07) is 4.82. The summed E-state index contributed by atoms with van der Waals surface area (Å²) in [6.07, 6.45) is 1.55. The van der Waals surface area contributed by atoms with Crippen LogP contribution >= 0.6 is 27.5 Å². The van der Waals surface area contributed by atoms with Crippen molar-refractivity contribution in [3.8, 4) is 0 Å². The lowest BCUT2D eigenvalue weighted by Gasteiger charge is -2.10. The molecule has 1 aromatic carbocycles. The van der Waals surface area contributed by atoms with E-state index in [0.717, 1.165) is 10.0 Å². The number of halogens is 2. The lowest BCUT2D eigenvalue weighted by Crippen LogP contribution is -2.20. The Balaban J connectivity index is 2.09. The Bertz CT molecular complexity index is 571. The van der Waals surface area contributed by atoms with Crippen LogP contribution < -0.4 is 10.6 Å². The van der Waals surface area contributed by atoms with E-state index in [4.69, 9.17) is 11.6 Å². The molecule has 1 heterocycles. The lowest BCUT2D eigenvalue weighted by atomic mass is 10.2. The molecule has 18 heavy (non-hydrogen) atoms. The maximum Gasteiger partial charge on any atom is 0.324 e. The van der Waals surface area contributed by atoms with Gasteiger partial charge in [-0.2, -0.15) is 5.10 Å². The van der Waals surface area contributed by atoms with Crippen molar-refractivity contribution in [3.63, 3.8) is 0 Å². The molecule has 0 spiro atoms. The largest absolute Gasteiger partial charge is 0.324 e. The summed E-state index contributed by atoms with van der Waals surface area (Å²) in [5, 5.41) is 12.2. The molecule has 2 amide bonds. The molecule has 0 saturated carbocycles. The predicted molar refractivity (Wildman–Crippen MR) is 75.1 cm³/mol. The van der Waals surface area contributed by atoms with Gasteiger partial charge in [0, 0.05) is 16.2 Å². The smallest absolute Gasteiger partial charge is 0.307 e. The highest BCUT2D eigenvalue weighted by atomic mass is 79.9. The number of urea groups is 1. The number of carbonyl (C=O) groups excluding carboxylic acids is 1. The number of amides is 2. The zero-order valence-electron chi connectivity index (χ0n) is 9.42. The molecule has 7 heteroatoms. The molecule has 94 valence electrons. The van der Waals surface area contributed by atoms with E-state index in [1.54, 1.807) is 18.3 Å². The van der Waals surface area contributed by atoms with Crippen molar-refractivity contribution in [2.24, 2.45) is 0 Å². The average molecular weight is 330 g/mol. The number of aryl methyl sites for hydroxylation is 1. The number of aromatic nitrogens is 2. The number of nitrogens with zero attached hydrogens (tertiary/aromatic N) is 1. The fourth-order valence-corrected chi connectivity index (χ4v) is 2.00. The number of hydrogen-bond donors (Lipinski definition) is 3. The van der Waals surface area contributed by atoms with Crippen LogP contribution in [0.2, 0.25) is 5.02 Å². The third-order valence-corrected chi connectivity index (χ3v) is 3.46. The number of anilines is 2. The van der Waals surface area contributed by atoms with Crippen molar-refractivity contribution in [1.82, 2.24) is 10.2 Å². The Kier molecular flexibility index (Phi) is 3.88. The van der Waals surface area contributed by atoms with Crippen molar-refractivity contribution in [1.29, 1.82) is 0 Å². The summed E-state index contributed by atoms with van der Waals surface area (Å²) in [5.41, 5.74) is 1.56. The van der Waals surface area contributed by atoms with Crippen LogP contribution in [-0.2, 0) is 0 Å². The second-order valence-electron chi connectivity index (χ2n) is 3.63. The van der Waals surface area contributed by atoms with E-state index in [9.17, 15) is 4.79 Å². The van der Waals surface area contributed by atoms with Gasteiger partial charge in [0.25, 0.3) is 0 Å². The summed E-state index contributed by atoms with van der Waals surface area (Å²) in [6.45, 7) is 1.88. The third kappa shape index (κ3) is 3.02. The maximum atomic E-state index is 11.7. The van der Waals surface area contributed by atoms with E-state index in [1.165, 1.54) is 0 Å². The SMILES string of the molecule is Cc1cc(Br)c(Cl)cc1NC(=O)Nc1ccn[nH]1. The van der Waals surface area contributed by atoms with Gasteiger partial charge in [0.15, 0.2) is 0 Å². The van der Waals surface area contributed by atoms with Crippen LogP contribution in [0.1, 0.15) is 5.56 Å². The Morgan fingerprint density at radius 2 is 2.22 bits per heavy atom. The monoisotopic (exact) mass is 328 g/mol. The number of benzene rings is 1. The zero-order valence-corrected chi connectivity index (χ0v) is 11.8. The highest BCUT2D eigenvalue weighted by Crippen LogP contribution is 2.28. The molecule has 1 aromatic heterocycles. The number of H-pyrrole nitrogens is 1. The first kappa shape index (κ1) is 12.9. The normalized spacial score (nSPS) is 10.2. The van der Waals surface area contributed by atoms with Gasteiger partial charge in [0.2, 0.25) is 0 Å². The molecule has 0 atom stereocenters. The topological polar surface area (TPSA) is 69.8 Å². The van der Waals surface area contributed by atoms with Gasteiger partial charge >= 0.3 is 6.03 Å². The number of aromatic amines is 1. The quantitative estimate of drug-likeness (QED) is 0.785. The second-order valence-corrected chi connectivity index (χ2v) is 4.89. The van der Waals surface area contributed by atoms with Crippen LogP contribution in [0.5, 0.6) is 0 Å². The fraction of sp³-hybridized carbons (Fsp3) is 0.0909. The molecule has 0 unspecified atom stereocenters. The van der Waals surface area contributed by atoms with Gasteiger partial charge in [-0.3, -0.25) is 10.4 Å². The first-order chi connectivity index (χ1) is 8.56. The standard InChI is InChI=1S/C11H10BrClN4O/c1-6-4-7(12)8(13)5-9(6)15-11(18)16-10-2-3-14-17-10/h2-5H,1H3,(H3,14,15,16,17,18). The second kappa shape index (κ2) is 5.41. The molecule has 0 saturated heterocycles. The molecule has 3 N–H and O–H groups in total. The molecule has 2 rings (SSSR count). The summed E-state index contributed by atoms with van der Waals surface area (Å²) < 4.78 is 0.793. The molecule has 0 aliphatic heterocycles. The number of hydrogen-bond acceptors (Lipinski definition) is 2. The van der Waals surface area contributed by atoms with E-state index in [1.807, 2.05) is 13.0 Å². The fourth-order valence-electron chi connectivity index (χ4n) is 1.38. The summed E-state index contributed by atoms with van der Waals surface area (Å²) in [7, 11) is 0.